The molecule has 0 N–H and O–H groups in total. The van der Waals surface area contributed by atoms with Crippen LogP contribution in [0.25, 0.3) is 0 Å². The number of hydrogen-bond acceptors (Lipinski definition) is 4. The van der Waals surface area contributed by atoms with E-state index in [4.69, 9.17) is 0 Å². The second kappa shape index (κ2) is 5.83. The second-order valence-corrected chi connectivity index (χ2v) is 6.50. The molecule has 5 heteroatoms. The molecule has 0 radical (unpaired) electrons. The lowest BCUT2D eigenvalue weighted by Crippen LogP contribution is -2.57. The largest absolute Gasteiger partial charge is 0.281 e. The molecule has 0 bridgehead atoms. The van der Waals surface area contributed by atoms with Crippen molar-refractivity contribution in [1.29, 1.82) is 0 Å². The number of amides is 2. The van der Waals surface area contributed by atoms with Crippen LogP contribution < -0.4 is 0 Å². The Labute approximate surface area is 140 Å². The summed E-state index contributed by atoms with van der Waals surface area (Å²) in [6.45, 7) is 1.16. The normalized spacial score (nSPS) is 20.2. The van der Waals surface area contributed by atoms with Crippen molar-refractivity contribution in [2.24, 2.45) is 0 Å². The van der Waals surface area contributed by atoms with Crippen LogP contribution in [0.4, 0.5) is 0 Å². The van der Waals surface area contributed by atoms with Gasteiger partial charge < -0.3 is 0 Å². The predicted octanol–water partition coefficient (Wildman–Crippen LogP) is 1.94. The van der Waals surface area contributed by atoms with Gasteiger partial charge in [0.1, 0.15) is 0 Å². The lowest BCUT2D eigenvalue weighted by atomic mass is 10.1. The van der Waals surface area contributed by atoms with Crippen molar-refractivity contribution in [2.45, 2.75) is 24.9 Å². The minimum atomic E-state index is -0.506. The van der Waals surface area contributed by atoms with Crippen LogP contribution in [0.5, 0.6) is 0 Å². The summed E-state index contributed by atoms with van der Waals surface area (Å²) >= 11 is 0. The Morgan fingerprint density at radius 1 is 0.917 bits per heavy atom. The highest BCUT2D eigenvalue weighted by Gasteiger charge is 2.56. The highest BCUT2D eigenvalue weighted by Crippen LogP contribution is 2.50. The van der Waals surface area contributed by atoms with E-state index in [0.717, 1.165) is 24.1 Å². The van der Waals surface area contributed by atoms with E-state index in [2.05, 4.69) is 4.98 Å². The number of pyridine rings is 1. The minimum absolute atomic E-state index is 0.120. The van der Waals surface area contributed by atoms with Crippen LogP contribution in [0.2, 0.25) is 0 Å². The first-order chi connectivity index (χ1) is 11.7. The number of imide groups is 1. The third kappa shape index (κ3) is 2.61. The third-order valence-corrected chi connectivity index (χ3v) is 4.76. The van der Waals surface area contributed by atoms with Gasteiger partial charge in [0.05, 0.1) is 24.3 Å². The van der Waals surface area contributed by atoms with Crippen molar-refractivity contribution in [2.75, 3.05) is 13.1 Å². The molecule has 1 saturated carbocycles. The van der Waals surface area contributed by atoms with Gasteiger partial charge in [-0.2, -0.15) is 0 Å². The molecule has 1 saturated heterocycles. The molecule has 1 aliphatic carbocycles. The number of nitrogens with zero attached hydrogens (tertiary/aromatic N) is 3. The van der Waals surface area contributed by atoms with Crippen molar-refractivity contribution < 1.29 is 9.59 Å². The van der Waals surface area contributed by atoms with E-state index in [1.54, 1.807) is 6.20 Å². The van der Waals surface area contributed by atoms with Crippen molar-refractivity contribution in [3.8, 4) is 0 Å². The molecule has 2 fully saturated rings. The van der Waals surface area contributed by atoms with E-state index in [1.165, 1.54) is 4.90 Å². The molecule has 122 valence electrons. The van der Waals surface area contributed by atoms with Crippen molar-refractivity contribution in [1.82, 2.24) is 14.8 Å². The molecule has 24 heavy (non-hydrogen) atoms. The van der Waals surface area contributed by atoms with Crippen LogP contribution in [0.1, 0.15) is 24.1 Å². The van der Waals surface area contributed by atoms with Gasteiger partial charge in [-0.3, -0.25) is 24.4 Å². The summed E-state index contributed by atoms with van der Waals surface area (Å²) in [7, 11) is 0. The zero-order valence-electron chi connectivity index (χ0n) is 13.4. The average Bonchev–Trinajstić information content (AvgIpc) is 3.38. The third-order valence-electron chi connectivity index (χ3n) is 4.76. The molecule has 2 aromatic rings. The van der Waals surface area contributed by atoms with Crippen LogP contribution in [-0.2, 0) is 21.7 Å². The van der Waals surface area contributed by atoms with Crippen LogP contribution in [-0.4, -0.2) is 39.7 Å². The average molecular weight is 321 g/mol. The smallest absolute Gasteiger partial charge is 0.244 e. The monoisotopic (exact) mass is 321 g/mol. The van der Waals surface area contributed by atoms with Crippen LogP contribution in [0.15, 0.2) is 54.7 Å². The first-order valence-corrected chi connectivity index (χ1v) is 8.23. The van der Waals surface area contributed by atoms with E-state index in [0.29, 0.717) is 6.54 Å². The molecular formula is C19H19N3O2. The highest BCUT2D eigenvalue weighted by atomic mass is 16.2. The van der Waals surface area contributed by atoms with Gasteiger partial charge in [-0.25, -0.2) is 0 Å². The summed E-state index contributed by atoms with van der Waals surface area (Å²) < 4.78 is 0. The summed E-state index contributed by atoms with van der Waals surface area (Å²) in [6.07, 6.45) is 3.33. The Bertz CT molecular complexity index is 739. The van der Waals surface area contributed by atoms with Gasteiger partial charge >= 0.3 is 0 Å². The number of piperazine rings is 1. The Kier molecular flexibility index (Phi) is 3.65. The molecule has 0 atom stereocenters. The van der Waals surface area contributed by atoms with E-state index in [9.17, 15) is 9.59 Å². The number of rotatable bonds is 4. The maximum absolute atomic E-state index is 12.7. The molecule has 1 aliphatic heterocycles. The molecule has 1 aromatic carbocycles. The number of hydrogen-bond donors (Lipinski definition) is 0. The molecule has 1 aromatic heterocycles. The highest BCUT2D eigenvalue weighted by molar-refractivity contribution is 6.00. The maximum atomic E-state index is 12.7. The molecule has 0 spiro atoms. The van der Waals surface area contributed by atoms with Crippen molar-refractivity contribution in [3.63, 3.8) is 0 Å². The molecule has 2 amide bonds. The van der Waals surface area contributed by atoms with Gasteiger partial charge in [0.15, 0.2) is 0 Å². The van der Waals surface area contributed by atoms with Gasteiger partial charge in [0, 0.05) is 12.7 Å². The van der Waals surface area contributed by atoms with Gasteiger partial charge in [-0.05, 0) is 30.5 Å². The molecular weight excluding hydrogens is 302 g/mol. The van der Waals surface area contributed by atoms with Crippen molar-refractivity contribution >= 4 is 11.8 Å². The predicted molar refractivity (Wildman–Crippen MR) is 88.7 cm³/mol. The fourth-order valence-electron chi connectivity index (χ4n) is 3.50. The maximum Gasteiger partial charge on any atom is 0.244 e. The molecule has 5 nitrogen and oxygen atoms in total. The van der Waals surface area contributed by atoms with E-state index < -0.39 is 5.54 Å². The topological polar surface area (TPSA) is 53.5 Å². The van der Waals surface area contributed by atoms with Crippen LogP contribution in [0.3, 0.4) is 0 Å². The quantitative estimate of drug-likeness (QED) is 0.808. The lowest BCUT2D eigenvalue weighted by Gasteiger charge is -2.37. The second-order valence-electron chi connectivity index (χ2n) is 6.50. The SMILES string of the molecule is O=C1CN(Cc2ccccc2)CC(=O)N1C1(c2ccccn2)CC1. The first-order valence-electron chi connectivity index (χ1n) is 8.23. The molecule has 2 aliphatic rings. The van der Waals surface area contributed by atoms with Gasteiger partial charge in [-0.15, -0.1) is 0 Å². The molecule has 2 heterocycles. The van der Waals surface area contributed by atoms with Gasteiger partial charge in [0.25, 0.3) is 0 Å². The molecule has 0 unspecified atom stereocenters. The summed E-state index contributed by atoms with van der Waals surface area (Å²) in [4.78, 5) is 33.2. The van der Waals surface area contributed by atoms with E-state index >= 15 is 0 Å². The first kappa shape index (κ1) is 15.0. The Hall–Kier alpha value is -2.53. The number of carbonyl (C=O) groups is 2. The molecule has 4 rings (SSSR count). The number of benzene rings is 1. The zero-order chi connectivity index (χ0) is 16.6. The van der Waals surface area contributed by atoms with Crippen molar-refractivity contribution in [3.05, 3.63) is 66.0 Å². The number of aromatic nitrogens is 1. The minimum Gasteiger partial charge on any atom is -0.281 e. The summed E-state index contributed by atoms with van der Waals surface area (Å²) in [5, 5.41) is 0. The van der Waals surface area contributed by atoms with Crippen LogP contribution in [0, 0.1) is 0 Å². The fourth-order valence-corrected chi connectivity index (χ4v) is 3.50. The van der Waals surface area contributed by atoms with Crippen LogP contribution >= 0.6 is 0 Å². The number of carbonyl (C=O) groups excluding carboxylic acids is 2. The summed E-state index contributed by atoms with van der Waals surface area (Å²) in [5.41, 5.74) is 1.43. The fraction of sp³-hybridized carbons (Fsp3) is 0.316. The Balaban J connectivity index is 1.52. The van der Waals surface area contributed by atoms with Gasteiger partial charge in [0.2, 0.25) is 11.8 Å². The lowest BCUT2D eigenvalue weighted by molar-refractivity contribution is -0.156. The van der Waals surface area contributed by atoms with Gasteiger partial charge in [-0.1, -0.05) is 36.4 Å². The Morgan fingerprint density at radius 3 is 2.17 bits per heavy atom. The standard InChI is InChI=1S/C19H19N3O2/c23-17-13-21(12-15-6-2-1-3-7-15)14-18(24)22(17)19(9-10-19)16-8-4-5-11-20-16/h1-8,11H,9-10,12-14H2. The summed E-state index contributed by atoms with van der Waals surface area (Å²) in [6, 6.07) is 15.6. The summed E-state index contributed by atoms with van der Waals surface area (Å²) in [5.74, 6) is -0.240. The van der Waals surface area contributed by atoms with E-state index in [1.807, 2.05) is 53.4 Å². The zero-order valence-corrected chi connectivity index (χ0v) is 13.4. The van der Waals surface area contributed by atoms with E-state index in [-0.39, 0.29) is 24.9 Å². The Morgan fingerprint density at radius 2 is 1.58 bits per heavy atom.